The van der Waals surface area contributed by atoms with E-state index in [2.05, 4.69) is 25.0 Å². The second-order valence-corrected chi connectivity index (χ2v) is 5.70. The summed E-state index contributed by atoms with van der Waals surface area (Å²) in [7, 11) is 0. The molecule has 25 heavy (non-hydrogen) atoms. The van der Waals surface area contributed by atoms with Crippen LogP contribution in [0.5, 0.6) is 0 Å². The van der Waals surface area contributed by atoms with Crippen LogP contribution in [0.25, 0.3) is 5.82 Å². The maximum absolute atomic E-state index is 12.5. The van der Waals surface area contributed by atoms with Gasteiger partial charge >= 0.3 is 0 Å². The van der Waals surface area contributed by atoms with Gasteiger partial charge < -0.3 is 9.80 Å². The summed E-state index contributed by atoms with van der Waals surface area (Å²) in [5, 5.41) is 4.09. The number of hydrogen-bond acceptors (Lipinski definition) is 6. The van der Waals surface area contributed by atoms with Gasteiger partial charge in [0.2, 0.25) is 5.95 Å². The van der Waals surface area contributed by atoms with Crippen molar-refractivity contribution in [1.82, 2.24) is 29.6 Å². The van der Waals surface area contributed by atoms with Gasteiger partial charge in [0.25, 0.3) is 5.91 Å². The van der Waals surface area contributed by atoms with E-state index in [0.29, 0.717) is 37.9 Å². The van der Waals surface area contributed by atoms with E-state index in [1.54, 1.807) is 23.3 Å². The average molecular weight is 335 g/mol. The number of nitrogens with zero attached hydrogens (tertiary/aromatic N) is 7. The molecule has 1 aliphatic heterocycles. The molecule has 0 saturated carbocycles. The van der Waals surface area contributed by atoms with Gasteiger partial charge in [0, 0.05) is 44.0 Å². The molecule has 0 spiro atoms. The van der Waals surface area contributed by atoms with E-state index >= 15 is 0 Å². The van der Waals surface area contributed by atoms with Crippen molar-refractivity contribution in [3.8, 4) is 5.82 Å². The van der Waals surface area contributed by atoms with Crippen molar-refractivity contribution in [2.45, 2.75) is 0 Å². The van der Waals surface area contributed by atoms with E-state index in [1.807, 2.05) is 35.2 Å². The normalized spacial score (nSPS) is 14.6. The molecule has 1 fully saturated rings. The highest BCUT2D eigenvalue weighted by atomic mass is 16.2. The molecule has 0 unspecified atom stereocenters. The number of amides is 1. The molecule has 2 aromatic heterocycles. The topological polar surface area (TPSA) is 80.0 Å². The van der Waals surface area contributed by atoms with Crippen LogP contribution in [0.15, 0.2) is 55.2 Å². The summed E-state index contributed by atoms with van der Waals surface area (Å²) in [6, 6.07) is 11.2. The van der Waals surface area contributed by atoms with Crippen molar-refractivity contribution in [1.29, 1.82) is 0 Å². The molecule has 0 N–H and O–H groups in total. The molecule has 3 aromatic rings. The second kappa shape index (κ2) is 6.68. The molecule has 0 bridgehead atoms. The van der Waals surface area contributed by atoms with E-state index in [1.165, 1.54) is 6.33 Å². The fourth-order valence-electron chi connectivity index (χ4n) is 2.82. The molecule has 1 aliphatic rings. The molecular formula is C17H17N7O. The number of benzene rings is 1. The van der Waals surface area contributed by atoms with E-state index in [0.717, 1.165) is 5.56 Å². The third kappa shape index (κ3) is 3.18. The van der Waals surface area contributed by atoms with Crippen LogP contribution >= 0.6 is 0 Å². The van der Waals surface area contributed by atoms with E-state index in [-0.39, 0.29) is 5.91 Å². The Kier molecular flexibility index (Phi) is 4.07. The number of carbonyl (C=O) groups is 1. The predicted molar refractivity (Wildman–Crippen MR) is 91.5 cm³/mol. The van der Waals surface area contributed by atoms with Crippen LogP contribution in [0.4, 0.5) is 5.95 Å². The lowest BCUT2D eigenvalue weighted by atomic mass is 10.2. The SMILES string of the molecule is O=C(c1ccccc1)N1CCN(c2nccc(-n3cncn3)n2)CC1. The number of hydrogen-bond donors (Lipinski definition) is 0. The molecule has 3 heterocycles. The summed E-state index contributed by atoms with van der Waals surface area (Å²) in [6.07, 6.45) is 4.78. The number of rotatable bonds is 3. The van der Waals surface area contributed by atoms with Gasteiger partial charge in [-0.15, -0.1) is 0 Å². The number of carbonyl (C=O) groups excluding carboxylic acids is 1. The van der Waals surface area contributed by atoms with Crippen LogP contribution in [0.3, 0.4) is 0 Å². The third-order valence-corrected chi connectivity index (χ3v) is 4.15. The van der Waals surface area contributed by atoms with Crippen molar-refractivity contribution in [2.24, 2.45) is 0 Å². The molecule has 4 rings (SSSR count). The highest BCUT2D eigenvalue weighted by Crippen LogP contribution is 2.14. The Labute approximate surface area is 144 Å². The largest absolute Gasteiger partial charge is 0.337 e. The molecule has 1 saturated heterocycles. The van der Waals surface area contributed by atoms with Crippen molar-refractivity contribution < 1.29 is 4.79 Å². The Morgan fingerprint density at radius 3 is 2.52 bits per heavy atom. The first-order chi connectivity index (χ1) is 12.3. The Balaban J connectivity index is 1.44. The highest BCUT2D eigenvalue weighted by molar-refractivity contribution is 5.94. The monoisotopic (exact) mass is 335 g/mol. The molecule has 126 valence electrons. The lowest BCUT2D eigenvalue weighted by Gasteiger charge is -2.34. The minimum Gasteiger partial charge on any atom is -0.337 e. The van der Waals surface area contributed by atoms with E-state index in [4.69, 9.17) is 0 Å². The molecule has 8 heteroatoms. The Morgan fingerprint density at radius 2 is 1.80 bits per heavy atom. The molecule has 1 amide bonds. The van der Waals surface area contributed by atoms with Crippen molar-refractivity contribution in [3.63, 3.8) is 0 Å². The molecule has 0 aliphatic carbocycles. The zero-order chi connectivity index (χ0) is 17.1. The summed E-state index contributed by atoms with van der Waals surface area (Å²) in [5.74, 6) is 1.38. The number of piperazine rings is 1. The van der Waals surface area contributed by atoms with Gasteiger partial charge in [0.1, 0.15) is 12.7 Å². The summed E-state index contributed by atoms with van der Waals surface area (Å²) in [5.41, 5.74) is 0.723. The van der Waals surface area contributed by atoms with Crippen molar-refractivity contribution >= 4 is 11.9 Å². The van der Waals surface area contributed by atoms with Crippen LogP contribution in [0.1, 0.15) is 10.4 Å². The van der Waals surface area contributed by atoms with Gasteiger partial charge in [-0.1, -0.05) is 18.2 Å². The highest BCUT2D eigenvalue weighted by Gasteiger charge is 2.23. The summed E-state index contributed by atoms with van der Waals surface area (Å²) in [4.78, 5) is 29.3. The predicted octanol–water partition coefficient (Wildman–Crippen LogP) is 1.02. The zero-order valence-electron chi connectivity index (χ0n) is 13.6. The van der Waals surface area contributed by atoms with Gasteiger partial charge in [0.05, 0.1) is 0 Å². The first-order valence-corrected chi connectivity index (χ1v) is 8.08. The molecule has 1 aromatic carbocycles. The smallest absolute Gasteiger partial charge is 0.253 e. The Morgan fingerprint density at radius 1 is 1.00 bits per heavy atom. The fourth-order valence-corrected chi connectivity index (χ4v) is 2.82. The van der Waals surface area contributed by atoms with E-state index in [9.17, 15) is 4.79 Å². The lowest BCUT2D eigenvalue weighted by Crippen LogP contribution is -2.49. The Hall–Kier alpha value is -3.29. The number of aromatic nitrogens is 5. The molecule has 0 atom stereocenters. The van der Waals surface area contributed by atoms with Gasteiger partial charge in [-0.25, -0.2) is 14.6 Å². The minimum absolute atomic E-state index is 0.0672. The summed E-state index contributed by atoms with van der Waals surface area (Å²) < 4.78 is 1.60. The average Bonchev–Trinajstić information content (AvgIpc) is 3.23. The number of anilines is 1. The first kappa shape index (κ1) is 15.3. The fraction of sp³-hybridized carbons (Fsp3) is 0.235. The van der Waals surface area contributed by atoms with Crippen LogP contribution in [-0.4, -0.2) is 61.7 Å². The van der Waals surface area contributed by atoms with Gasteiger partial charge in [-0.05, 0) is 12.1 Å². The quantitative estimate of drug-likeness (QED) is 0.711. The first-order valence-electron chi connectivity index (χ1n) is 8.08. The molecule has 8 nitrogen and oxygen atoms in total. The maximum atomic E-state index is 12.5. The second-order valence-electron chi connectivity index (χ2n) is 5.70. The van der Waals surface area contributed by atoms with Gasteiger partial charge in [-0.3, -0.25) is 4.79 Å². The Bertz CT molecular complexity index is 842. The van der Waals surface area contributed by atoms with Crippen LogP contribution in [-0.2, 0) is 0 Å². The molecule has 0 radical (unpaired) electrons. The van der Waals surface area contributed by atoms with Gasteiger partial charge in [-0.2, -0.15) is 10.1 Å². The van der Waals surface area contributed by atoms with Crippen LogP contribution < -0.4 is 4.90 Å². The van der Waals surface area contributed by atoms with Crippen LogP contribution in [0.2, 0.25) is 0 Å². The summed E-state index contributed by atoms with van der Waals surface area (Å²) in [6.45, 7) is 2.67. The van der Waals surface area contributed by atoms with Crippen molar-refractivity contribution in [2.75, 3.05) is 31.1 Å². The standard InChI is InChI=1S/C17H17N7O/c25-16(14-4-2-1-3-5-14)22-8-10-23(11-9-22)17-19-7-6-15(21-17)24-13-18-12-20-24/h1-7,12-13H,8-11H2. The minimum atomic E-state index is 0.0672. The van der Waals surface area contributed by atoms with Gasteiger partial charge in [0.15, 0.2) is 5.82 Å². The van der Waals surface area contributed by atoms with Crippen molar-refractivity contribution in [3.05, 3.63) is 60.8 Å². The molecular weight excluding hydrogens is 318 g/mol. The zero-order valence-corrected chi connectivity index (χ0v) is 13.6. The maximum Gasteiger partial charge on any atom is 0.253 e. The summed E-state index contributed by atoms with van der Waals surface area (Å²) >= 11 is 0. The lowest BCUT2D eigenvalue weighted by molar-refractivity contribution is 0.0746. The van der Waals surface area contributed by atoms with Crippen LogP contribution in [0, 0.1) is 0 Å². The van der Waals surface area contributed by atoms with E-state index < -0.39 is 0 Å². The third-order valence-electron chi connectivity index (χ3n) is 4.15.